The molecule has 2 rings (SSSR count). The van der Waals surface area contributed by atoms with Gasteiger partial charge in [0.1, 0.15) is 0 Å². The van der Waals surface area contributed by atoms with Gasteiger partial charge in [0.05, 0.1) is 4.58 Å². The maximum atomic E-state index is 12.1. The van der Waals surface area contributed by atoms with E-state index < -0.39 is 26.4 Å². The zero-order chi connectivity index (χ0) is 15.6. The number of benzene rings is 1. The van der Waals surface area contributed by atoms with Crippen molar-refractivity contribution >= 4 is 39.4 Å². The van der Waals surface area contributed by atoms with Crippen molar-refractivity contribution < 1.29 is 17.8 Å². The van der Waals surface area contributed by atoms with E-state index in [9.17, 15) is 17.8 Å². The summed E-state index contributed by atoms with van der Waals surface area (Å²) in [6, 6.07) is 9.69. The molecule has 1 saturated heterocycles. The van der Waals surface area contributed by atoms with Crippen LogP contribution in [0.25, 0.3) is 0 Å². The molecule has 0 spiro atoms. The summed E-state index contributed by atoms with van der Waals surface area (Å²) in [4.78, 5) is 12.1. The minimum absolute atomic E-state index is 0.0679. The molecular formula is C14H16O4S3. The average Bonchev–Trinajstić information content (AvgIpc) is 2.87. The normalized spacial score (nSPS) is 23.7. The second-order valence-corrected chi connectivity index (χ2v) is 9.15. The highest BCUT2D eigenvalue weighted by Gasteiger charge is 2.43. The molecule has 1 aromatic rings. The van der Waals surface area contributed by atoms with Crippen molar-refractivity contribution in [3.8, 4) is 0 Å². The van der Waals surface area contributed by atoms with Crippen LogP contribution in [0, 0.1) is 0 Å². The first kappa shape index (κ1) is 16.6. The van der Waals surface area contributed by atoms with Crippen LogP contribution in [-0.2, 0) is 14.9 Å². The fourth-order valence-corrected chi connectivity index (χ4v) is 7.12. The Hall–Kier alpha value is -0.760. The molecule has 7 heteroatoms. The molecule has 0 saturated carbocycles. The minimum Gasteiger partial charge on any atom is -0.293 e. The highest BCUT2D eigenvalue weighted by atomic mass is 32.2. The topological polar surface area (TPSA) is 71.4 Å². The smallest absolute Gasteiger partial charge is 0.276 e. The number of allylic oxidation sites excluding steroid dienone is 1. The van der Waals surface area contributed by atoms with E-state index in [0.29, 0.717) is 5.75 Å². The summed E-state index contributed by atoms with van der Waals surface area (Å²) in [5, 5.41) is -1.90. The van der Waals surface area contributed by atoms with Gasteiger partial charge in [0, 0.05) is 11.0 Å². The van der Waals surface area contributed by atoms with Gasteiger partial charge < -0.3 is 0 Å². The Labute approximate surface area is 133 Å². The van der Waals surface area contributed by atoms with Crippen molar-refractivity contribution in [2.75, 3.05) is 5.75 Å². The second kappa shape index (κ2) is 6.56. The Balaban J connectivity index is 2.21. The van der Waals surface area contributed by atoms with Gasteiger partial charge in [-0.3, -0.25) is 9.35 Å². The van der Waals surface area contributed by atoms with Crippen LogP contribution >= 0.6 is 23.5 Å². The van der Waals surface area contributed by atoms with Crippen LogP contribution in [0.4, 0.5) is 0 Å². The van der Waals surface area contributed by atoms with Crippen LogP contribution in [0.15, 0.2) is 42.5 Å². The van der Waals surface area contributed by atoms with Crippen LogP contribution in [0.1, 0.15) is 17.1 Å². The summed E-state index contributed by atoms with van der Waals surface area (Å²) in [5.41, 5.74) is 1.22. The molecule has 3 unspecified atom stereocenters. The Morgan fingerprint density at radius 2 is 2.00 bits per heavy atom. The molecular weight excluding hydrogens is 328 g/mol. The molecule has 1 aliphatic heterocycles. The van der Waals surface area contributed by atoms with Gasteiger partial charge in [-0.15, -0.1) is 23.5 Å². The third kappa shape index (κ3) is 3.91. The van der Waals surface area contributed by atoms with Gasteiger partial charge in [-0.2, -0.15) is 8.42 Å². The lowest BCUT2D eigenvalue weighted by Crippen LogP contribution is -2.39. The van der Waals surface area contributed by atoms with Crippen molar-refractivity contribution in [2.45, 2.75) is 22.0 Å². The number of hydrogen-bond acceptors (Lipinski definition) is 5. The fraction of sp³-hybridized carbons (Fsp3) is 0.357. The van der Waals surface area contributed by atoms with Crippen LogP contribution in [0.5, 0.6) is 0 Å². The van der Waals surface area contributed by atoms with Crippen LogP contribution < -0.4 is 0 Å². The zero-order valence-corrected chi connectivity index (χ0v) is 13.9. The number of ketones is 1. The van der Waals surface area contributed by atoms with E-state index in [0.717, 1.165) is 5.56 Å². The van der Waals surface area contributed by atoms with E-state index in [1.54, 1.807) is 11.8 Å². The molecule has 1 aliphatic rings. The van der Waals surface area contributed by atoms with Gasteiger partial charge in [-0.1, -0.05) is 36.9 Å². The van der Waals surface area contributed by atoms with Crippen molar-refractivity contribution in [1.82, 2.24) is 0 Å². The van der Waals surface area contributed by atoms with Crippen molar-refractivity contribution in [1.29, 1.82) is 0 Å². The first-order valence-corrected chi connectivity index (χ1v) is 9.78. The van der Waals surface area contributed by atoms with E-state index in [1.807, 2.05) is 30.3 Å². The second-order valence-electron chi connectivity index (χ2n) is 4.83. The number of thioether (sulfide) groups is 2. The monoisotopic (exact) mass is 344 g/mol. The number of carbonyl (C=O) groups excluding carboxylic acids is 1. The predicted molar refractivity (Wildman–Crippen MR) is 88.2 cm³/mol. The van der Waals surface area contributed by atoms with Gasteiger partial charge >= 0.3 is 0 Å². The van der Waals surface area contributed by atoms with Gasteiger partial charge in [0.2, 0.25) is 0 Å². The van der Waals surface area contributed by atoms with E-state index in [2.05, 4.69) is 6.58 Å². The van der Waals surface area contributed by atoms with Crippen LogP contribution in [0.3, 0.4) is 0 Å². The summed E-state index contributed by atoms with van der Waals surface area (Å²) in [6.45, 7) is 4.96. The number of carbonyl (C=O) groups is 1. The average molecular weight is 344 g/mol. The van der Waals surface area contributed by atoms with Crippen molar-refractivity contribution in [3.05, 3.63) is 48.0 Å². The lowest BCUT2D eigenvalue weighted by atomic mass is 10.1. The summed E-state index contributed by atoms with van der Waals surface area (Å²) < 4.78 is 32.6. The molecule has 0 aromatic heterocycles. The van der Waals surface area contributed by atoms with Gasteiger partial charge in [-0.05, 0) is 18.1 Å². The molecule has 3 atom stereocenters. The Morgan fingerprint density at radius 1 is 1.38 bits per heavy atom. The summed E-state index contributed by atoms with van der Waals surface area (Å²) in [7, 11) is -4.44. The summed E-state index contributed by atoms with van der Waals surface area (Å²) in [6.07, 6.45) is 0. The maximum Gasteiger partial charge on any atom is 0.276 e. The molecule has 114 valence electrons. The lowest BCUT2D eigenvalue weighted by Gasteiger charge is -2.18. The molecule has 1 N–H and O–H groups in total. The Morgan fingerprint density at radius 3 is 2.52 bits per heavy atom. The highest BCUT2D eigenvalue weighted by Crippen LogP contribution is 2.51. The number of Topliss-reactive ketones (excluding diaryl/α,β-unsaturated/α-hetero) is 1. The van der Waals surface area contributed by atoms with Crippen molar-refractivity contribution in [3.63, 3.8) is 0 Å². The van der Waals surface area contributed by atoms with Gasteiger partial charge in [0.25, 0.3) is 10.1 Å². The van der Waals surface area contributed by atoms with E-state index >= 15 is 0 Å². The molecule has 1 fully saturated rings. The molecule has 0 radical (unpaired) electrons. The number of hydrogen-bond donors (Lipinski definition) is 1. The third-order valence-corrected chi connectivity index (χ3v) is 7.86. The molecule has 1 heterocycles. The Bertz CT molecular complexity index is 639. The quantitative estimate of drug-likeness (QED) is 0.654. The lowest BCUT2D eigenvalue weighted by molar-refractivity contribution is -0.115. The predicted octanol–water partition coefficient (Wildman–Crippen LogP) is 2.94. The summed E-state index contributed by atoms with van der Waals surface area (Å²) in [5.74, 6) is -0.113. The standard InChI is InChI=1S/C14H16O4S3/c1-9(2)12(15)13(21(16,17)18)11-8-19-14(20-11)10-6-4-3-5-7-10/h3-7,11,13-14H,1,8H2,2H3,(H,16,17,18). The SMILES string of the molecule is C=C(C)C(=O)C(C1CSC(c2ccccc2)S1)S(=O)(=O)O. The largest absolute Gasteiger partial charge is 0.293 e. The zero-order valence-electron chi connectivity index (χ0n) is 11.4. The molecule has 1 aromatic carbocycles. The van der Waals surface area contributed by atoms with Gasteiger partial charge in [0.15, 0.2) is 11.0 Å². The van der Waals surface area contributed by atoms with Crippen LogP contribution in [-0.4, -0.2) is 35.0 Å². The highest BCUT2D eigenvalue weighted by molar-refractivity contribution is 8.20. The minimum atomic E-state index is -4.44. The summed E-state index contributed by atoms with van der Waals surface area (Å²) >= 11 is 2.99. The molecule has 0 aliphatic carbocycles. The number of rotatable bonds is 5. The first-order chi connectivity index (χ1) is 9.80. The van der Waals surface area contributed by atoms with Crippen molar-refractivity contribution in [2.24, 2.45) is 0 Å². The third-order valence-electron chi connectivity index (χ3n) is 3.12. The first-order valence-electron chi connectivity index (χ1n) is 6.28. The van der Waals surface area contributed by atoms with E-state index in [4.69, 9.17) is 0 Å². The van der Waals surface area contributed by atoms with Gasteiger partial charge in [-0.25, -0.2) is 0 Å². The maximum absolute atomic E-state index is 12.1. The van der Waals surface area contributed by atoms with E-state index in [1.165, 1.54) is 18.7 Å². The Kier molecular flexibility index (Phi) is 5.19. The van der Waals surface area contributed by atoms with Crippen LogP contribution in [0.2, 0.25) is 0 Å². The molecule has 21 heavy (non-hydrogen) atoms. The molecule has 0 amide bonds. The fourth-order valence-electron chi connectivity index (χ4n) is 2.10. The van der Waals surface area contributed by atoms with E-state index in [-0.39, 0.29) is 10.2 Å². The molecule has 0 bridgehead atoms. The molecule has 4 nitrogen and oxygen atoms in total.